The molecule has 0 unspecified atom stereocenters. The molecular weight excluding hydrogens is 326 g/mol. The highest BCUT2D eigenvalue weighted by Crippen LogP contribution is 2.27. The highest BCUT2D eigenvalue weighted by molar-refractivity contribution is 5.92. The number of hydrogen-bond donors (Lipinski definition) is 1. The van der Waals surface area contributed by atoms with Crippen molar-refractivity contribution in [2.45, 2.75) is 0 Å². The summed E-state index contributed by atoms with van der Waals surface area (Å²) in [6.07, 6.45) is 5.35. The molecule has 0 radical (unpaired) electrons. The predicted octanol–water partition coefficient (Wildman–Crippen LogP) is 3.30. The van der Waals surface area contributed by atoms with E-state index in [0.717, 1.165) is 39.1 Å². The van der Waals surface area contributed by atoms with Crippen molar-refractivity contribution in [2.24, 2.45) is 0 Å². The van der Waals surface area contributed by atoms with Crippen LogP contribution in [0.4, 0.5) is 0 Å². The number of fused-ring (bicyclic) bond motifs is 2. The van der Waals surface area contributed by atoms with Gasteiger partial charge in [0.05, 0.1) is 5.52 Å². The van der Waals surface area contributed by atoms with E-state index >= 15 is 0 Å². The Hall–Kier alpha value is -3.80. The molecule has 26 heavy (non-hydrogen) atoms. The Morgan fingerprint density at radius 2 is 1.81 bits per heavy atom. The average molecular weight is 339 g/mol. The molecule has 6 heteroatoms. The first kappa shape index (κ1) is 14.5. The van der Waals surface area contributed by atoms with Gasteiger partial charge < -0.3 is 4.98 Å². The van der Waals surface area contributed by atoms with Crippen LogP contribution in [0.15, 0.2) is 78.0 Å². The topological polar surface area (TPSA) is 75.9 Å². The van der Waals surface area contributed by atoms with E-state index < -0.39 is 0 Å². The van der Waals surface area contributed by atoms with Gasteiger partial charge >= 0.3 is 0 Å². The highest BCUT2D eigenvalue weighted by Gasteiger charge is 2.12. The molecule has 0 atom stereocenters. The standard InChI is InChI=1S/C20H13N5O/c26-19-12-13(5-8-22-19)14-7-10-25-18(11-14)23-24-20(25)16-6-9-21-17-4-2-1-3-15(16)17/h1-12H,(H,22,26). The summed E-state index contributed by atoms with van der Waals surface area (Å²) in [6, 6.07) is 17.2. The van der Waals surface area contributed by atoms with E-state index in [1.54, 1.807) is 18.5 Å². The number of nitrogens with one attached hydrogen (secondary N) is 1. The van der Waals surface area contributed by atoms with Gasteiger partial charge in [-0.05, 0) is 41.5 Å². The SMILES string of the molecule is O=c1cc(-c2ccn3c(-c4ccnc5ccccc45)nnc3c2)cc[nH]1. The predicted molar refractivity (Wildman–Crippen MR) is 99.8 cm³/mol. The van der Waals surface area contributed by atoms with Crippen LogP contribution in [-0.4, -0.2) is 24.6 Å². The summed E-state index contributed by atoms with van der Waals surface area (Å²) < 4.78 is 1.94. The first-order valence-corrected chi connectivity index (χ1v) is 8.18. The van der Waals surface area contributed by atoms with Gasteiger partial charge in [-0.15, -0.1) is 10.2 Å². The molecule has 0 fully saturated rings. The first-order valence-electron chi connectivity index (χ1n) is 8.18. The second kappa shape index (κ2) is 5.63. The number of hydrogen-bond acceptors (Lipinski definition) is 4. The second-order valence-corrected chi connectivity index (χ2v) is 5.98. The Balaban J connectivity index is 1.70. The second-order valence-electron chi connectivity index (χ2n) is 5.98. The molecule has 0 aliphatic rings. The molecule has 0 amide bonds. The molecule has 1 aromatic carbocycles. The lowest BCUT2D eigenvalue weighted by Crippen LogP contribution is -2.02. The zero-order valence-electron chi connectivity index (χ0n) is 13.6. The van der Waals surface area contributed by atoms with Crippen LogP contribution in [-0.2, 0) is 0 Å². The third-order valence-corrected chi connectivity index (χ3v) is 4.41. The highest BCUT2D eigenvalue weighted by atomic mass is 16.1. The molecule has 0 spiro atoms. The van der Waals surface area contributed by atoms with Crippen LogP contribution in [0.25, 0.3) is 39.1 Å². The fourth-order valence-electron chi connectivity index (χ4n) is 3.17. The van der Waals surface area contributed by atoms with Gasteiger partial charge in [-0.25, -0.2) is 0 Å². The first-order chi connectivity index (χ1) is 12.8. The zero-order chi connectivity index (χ0) is 17.5. The van der Waals surface area contributed by atoms with Gasteiger partial charge in [0.1, 0.15) is 0 Å². The number of nitrogens with zero attached hydrogens (tertiary/aromatic N) is 4. The van der Waals surface area contributed by atoms with Crippen LogP contribution in [0.1, 0.15) is 0 Å². The van der Waals surface area contributed by atoms with Crippen LogP contribution >= 0.6 is 0 Å². The fraction of sp³-hybridized carbons (Fsp3) is 0. The van der Waals surface area contributed by atoms with E-state index in [1.807, 2.05) is 59.1 Å². The van der Waals surface area contributed by atoms with Gasteiger partial charge in [-0.2, -0.15) is 0 Å². The van der Waals surface area contributed by atoms with Crippen LogP contribution in [0, 0.1) is 0 Å². The lowest BCUT2D eigenvalue weighted by Gasteiger charge is -2.06. The quantitative estimate of drug-likeness (QED) is 0.535. The zero-order valence-corrected chi connectivity index (χ0v) is 13.6. The molecule has 0 bridgehead atoms. The molecule has 4 heterocycles. The van der Waals surface area contributed by atoms with Crippen LogP contribution < -0.4 is 5.56 Å². The van der Waals surface area contributed by atoms with Crippen molar-refractivity contribution in [1.29, 1.82) is 0 Å². The van der Waals surface area contributed by atoms with Gasteiger partial charge in [0, 0.05) is 35.6 Å². The monoisotopic (exact) mass is 339 g/mol. The molecular formula is C20H13N5O. The molecule has 5 rings (SSSR count). The molecule has 1 N–H and O–H groups in total. The van der Waals surface area contributed by atoms with Gasteiger partial charge in [0.2, 0.25) is 5.56 Å². The summed E-state index contributed by atoms with van der Waals surface area (Å²) in [7, 11) is 0. The minimum absolute atomic E-state index is 0.132. The minimum Gasteiger partial charge on any atom is -0.329 e. The summed E-state index contributed by atoms with van der Waals surface area (Å²) in [4.78, 5) is 18.6. The van der Waals surface area contributed by atoms with E-state index in [2.05, 4.69) is 20.2 Å². The number of para-hydroxylation sites is 1. The molecule has 0 aliphatic carbocycles. The third kappa shape index (κ3) is 2.28. The largest absolute Gasteiger partial charge is 0.329 e. The van der Waals surface area contributed by atoms with Crippen molar-refractivity contribution < 1.29 is 0 Å². The number of rotatable bonds is 2. The third-order valence-electron chi connectivity index (χ3n) is 4.41. The Morgan fingerprint density at radius 1 is 0.923 bits per heavy atom. The molecule has 4 aromatic heterocycles. The van der Waals surface area contributed by atoms with Crippen LogP contribution in [0.3, 0.4) is 0 Å². The van der Waals surface area contributed by atoms with E-state index in [-0.39, 0.29) is 5.56 Å². The van der Waals surface area contributed by atoms with Crippen molar-refractivity contribution in [3.63, 3.8) is 0 Å². The summed E-state index contributed by atoms with van der Waals surface area (Å²) in [6.45, 7) is 0. The van der Waals surface area contributed by atoms with Crippen molar-refractivity contribution in [1.82, 2.24) is 24.6 Å². The van der Waals surface area contributed by atoms with Gasteiger partial charge in [0.15, 0.2) is 11.5 Å². The maximum atomic E-state index is 11.5. The molecule has 0 aliphatic heterocycles. The maximum Gasteiger partial charge on any atom is 0.248 e. The Bertz CT molecular complexity index is 1310. The average Bonchev–Trinajstić information content (AvgIpc) is 3.10. The smallest absolute Gasteiger partial charge is 0.248 e. The lowest BCUT2D eigenvalue weighted by molar-refractivity contribution is 1.11. The summed E-state index contributed by atoms with van der Waals surface area (Å²) >= 11 is 0. The van der Waals surface area contributed by atoms with E-state index in [4.69, 9.17) is 0 Å². The maximum absolute atomic E-state index is 11.5. The number of aromatic nitrogens is 5. The molecule has 0 saturated heterocycles. The number of aromatic amines is 1. The van der Waals surface area contributed by atoms with Gasteiger partial charge in [0.25, 0.3) is 0 Å². The van der Waals surface area contributed by atoms with Crippen LogP contribution in [0.2, 0.25) is 0 Å². The summed E-state index contributed by atoms with van der Waals surface area (Å²) in [5.74, 6) is 0.760. The summed E-state index contributed by atoms with van der Waals surface area (Å²) in [5.41, 5.74) is 4.25. The minimum atomic E-state index is -0.132. The van der Waals surface area contributed by atoms with E-state index in [1.165, 1.54) is 0 Å². The van der Waals surface area contributed by atoms with E-state index in [9.17, 15) is 4.79 Å². The normalized spacial score (nSPS) is 11.2. The van der Waals surface area contributed by atoms with Gasteiger partial charge in [-0.3, -0.25) is 14.2 Å². The van der Waals surface area contributed by atoms with Crippen LogP contribution in [0.5, 0.6) is 0 Å². The van der Waals surface area contributed by atoms with Crippen molar-refractivity contribution in [2.75, 3.05) is 0 Å². The Kier molecular flexibility index (Phi) is 3.15. The fourth-order valence-corrected chi connectivity index (χ4v) is 3.17. The van der Waals surface area contributed by atoms with Crippen molar-refractivity contribution in [3.05, 3.63) is 83.5 Å². The number of benzene rings is 1. The Morgan fingerprint density at radius 3 is 2.73 bits per heavy atom. The lowest BCUT2D eigenvalue weighted by atomic mass is 10.1. The van der Waals surface area contributed by atoms with Crippen molar-refractivity contribution in [3.8, 4) is 22.5 Å². The molecule has 5 aromatic rings. The number of pyridine rings is 3. The molecule has 6 nitrogen and oxygen atoms in total. The number of H-pyrrole nitrogens is 1. The molecule has 0 saturated carbocycles. The summed E-state index contributed by atoms with van der Waals surface area (Å²) in [5, 5.41) is 9.73. The van der Waals surface area contributed by atoms with Crippen molar-refractivity contribution >= 4 is 16.6 Å². The molecule has 124 valence electrons. The van der Waals surface area contributed by atoms with E-state index in [0.29, 0.717) is 0 Å². The Labute approximate surface area is 147 Å². The van der Waals surface area contributed by atoms with Gasteiger partial charge in [-0.1, -0.05) is 18.2 Å².